The summed E-state index contributed by atoms with van der Waals surface area (Å²) in [5, 5.41) is 3.65. The maximum Gasteiger partial charge on any atom is 0.227 e. The fourth-order valence-corrected chi connectivity index (χ4v) is 2.05. The number of hydrogen-bond donors (Lipinski definition) is 2. The lowest BCUT2D eigenvalue weighted by atomic mass is 9.81. The largest absolute Gasteiger partial charge is 0.352 e. The Bertz CT molecular complexity index is 381. The van der Waals surface area contributed by atoms with E-state index >= 15 is 0 Å². The molecule has 0 radical (unpaired) electrons. The molecule has 1 amide bonds. The van der Waals surface area contributed by atoms with Gasteiger partial charge in [-0.25, -0.2) is 0 Å². The van der Waals surface area contributed by atoms with Crippen molar-refractivity contribution in [2.75, 3.05) is 6.54 Å². The number of carbonyl (C=O) groups excluding carboxylic acids is 1. The second-order valence-electron chi connectivity index (χ2n) is 4.50. The molecule has 0 saturated carbocycles. The average Bonchev–Trinajstić information content (AvgIpc) is 2.41. The van der Waals surface area contributed by atoms with Crippen molar-refractivity contribution in [3.63, 3.8) is 0 Å². The average molecular weight is 305 g/mol. The van der Waals surface area contributed by atoms with Crippen LogP contribution in [0.15, 0.2) is 24.3 Å². The van der Waals surface area contributed by atoms with E-state index in [1.165, 1.54) is 0 Å². The molecule has 0 spiro atoms. The van der Waals surface area contributed by atoms with E-state index in [-0.39, 0.29) is 18.3 Å². The van der Waals surface area contributed by atoms with Crippen LogP contribution in [-0.2, 0) is 11.3 Å². The third-order valence-corrected chi connectivity index (χ3v) is 3.84. The fourth-order valence-electron chi connectivity index (χ4n) is 1.92. The molecule has 0 heterocycles. The van der Waals surface area contributed by atoms with E-state index in [1.807, 2.05) is 38.1 Å². The zero-order valence-electron chi connectivity index (χ0n) is 11.4. The summed E-state index contributed by atoms with van der Waals surface area (Å²) in [5.41, 5.74) is 6.34. The third-order valence-electron chi connectivity index (χ3n) is 3.59. The quantitative estimate of drug-likeness (QED) is 0.848. The number of benzene rings is 1. The topological polar surface area (TPSA) is 55.1 Å². The molecule has 0 aliphatic carbocycles. The molecule has 0 unspecified atom stereocenters. The highest BCUT2D eigenvalue weighted by molar-refractivity contribution is 6.30. The van der Waals surface area contributed by atoms with Crippen LogP contribution in [0.4, 0.5) is 0 Å². The second-order valence-corrected chi connectivity index (χ2v) is 4.94. The predicted octanol–water partition coefficient (Wildman–Crippen LogP) is 3.14. The van der Waals surface area contributed by atoms with Crippen LogP contribution in [0.2, 0.25) is 5.02 Å². The Morgan fingerprint density at radius 1 is 1.26 bits per heavy atom. The molecule has 19 heavy (non-hydrogen) atoms. The van der Waals surface area contributed by atoms with E-state index in [4.69, 9.17) is 17.3 Å². The molecule has 1 rings (SSSR count). The lowest BCUT2D eigenvalue weighted by Crippen LogP contribution is -2.45. The standard InChI is InChI=1S/C14H21ClN2O.ClH/c1-3-14(4-2,10-16)13(18)17-9-11-5-7-12(15)8-6-11;/h5-8H,3-4,9-10,16H2,1-2H3,(H,17,18);1H. The highest BCUT2D eigenvalue weighted by Crippen LogP contribution is 2.25. The van der Waals surface area contributed by atoms with E-state index in [1.54, 1.807) is 0 Å². The normalized spacial score (nSPS) is 10.7. The van der Waals surface area contributed by atoms with Gasteiger partial charge in [-0.05, 0) is 30.5 Å². The van der Waals surface area contributed by atoms with Crippen molar-refractivity contribution in [1.82, 2.24) is 5.32 Å². The number of nitrogens with two attached hydrogens (primary N) is 1. The van der Waals surface area contributed by atoms with Crippen LogP contribution in [-0.4, -0.2) is 12.5 Å². The van der Waals surface area contributed by atoms with Crippen LogP contribution in [0.1, 0.15) is 32.3 Å². The van der Waals surface area contributed by atoms with Crippen molar-refractivity contribution in [1.29, 1.82) is 0 Å². The Kier molecular flexibility index (Phi) is 8.07. The Morgan fingerprint density at radius 3 is 2.21 bits per heavy atom. The van der Waals surface area contributed by atoms with Gasteiger partial charge in [-0.2, -0.15) is 0 Å². The number of nitrogens with one attached hydrogen (secondary N) is 1. The zero-order chi connectivity index (χ0) is 13.6. The van der Waals surface area contributed by atoms with Crippen molar-refractivity contribution in [2.24, 2.45) is 11.1 Å². The van der Waals surface area contributed by atoms with Gasteiger partial charge in [0.05, 0.1) is 5.41 Å². The van der Waals surface area contributed by atoms with Crippen molar-refractivity contribution in [3.05, 3.63) is 34.9 Å². The summed E-state index contributed by atoms with van der Waals surface area (Å²) in [4.78, 5) is 12.2. The van der Waals surface area contributed by atoms with Crippen LogP contribution in [0, 0.1) is 5.41 Å². The molecule has 0 aliphatic heterocycles. The lowest BCUT2D eigenvalue weighted by molar-refractivity contribution is -0.131. The number of hydrogen-bond acceptors (Lipinski definition) is 2. The molecule has 3 N–H and O–H groups in total. The summed E-state index contributed by atoms with van der Waals surface area (Å²) in [5.74, 6) is 0.0324. The first-order valence-electron chi connectivity index (χ1n) is 6.30. The van der Waals surface area contributed by atoms with E-state index < -0.39 is 5.41 Å². The van der Waals surface area contributed by atoms with Gasteiger partial charge in [0.15, 0.2) is 0 Å². The van der Waals surface area contributed by atoms with Crippen LogP contribution < -0.4 is 11.1 Å². The van der Waals surface area contributed by atoms with Crippen molar-refractivity contribution >= 4 is 29.9 Å². The van der Waals surface area contributed by atoms with E-state index in [2.05, 4.69) is 5.32 Å². The van der Waals surface area contributed by atoms with Gasteiger partial charge in [0.1, 0.15) is 0 Å². The van der Waals surface area contributed by atoms with Crippen molar-refractivity contribution in [2.45, 2.75) is 33.2 Å². The monoisotopic (exact) mass is 304 g/mol. The minimum atomic E-state index is -0.438. The number of carbonyl (C=O) groups is 1. The van der Waals surface area contributed by atoms with Gasteiger partial charge in [0.2, 0.25) is 5.91 Å². The predicted molar refractivity (Wildman–Crippen MR) is 82.6 cm³/mol. The highest BCUT2D eigenvalue weighted by Gasteiger charge is 2.32. The first kappa shape index (κ1) is 18.2. The first-order chi connectivity index (χ1) is 8.57. The summed E-state index contributed by atoms with van der Waals surface area (Å²) < 4.78 is 0. The minimum absolute atomic E-state index is 0. The molecule has 108 valence electrons. The Balaban J connectivity index is 0.00000324. The maximum absolute atomic E-state index is 12.2. The smallest absolute Gasteiger partial charge is 0.227 e. The van der Waals surface area contributed by atoms with E-state index in [0.717, 1.165) is 18.4 Å². The molecular weight excluding hydrogens is 283 g/mol. The summed E-state index contributed by atoms with van der Waals surface area (Å²) in [7, 11) is 0. The van der Waals surface area contributed by atoms with Gasteiger partial charge in [-0.1, -0.05) is 37.6 Å². The number of rotatable bonds is 6. The van der Waals surface area contributed by atoms with E-state index in [9.17, 15) is 4.79 Å². The van der Waals surface area contributed by atoms with Crippen molar-refractivity contribution < 1.29 is 4.79 Å². The van der Waals surface area contributed by atoms with Gasteiger partial charge in [0.25, 0.3) is 0 Å². The van der Waals surface area contributed by atoms with Crippen LogP contribution >= 0.6 is 24.0 Å². The SMILES string of the molecule is CCC(CC)(CN)C(=O)NCc1ccc(Cl)cc1.Cl. The zero-order valence-corrected chi connectivity index (χ0v) is 13.0. The summed E-state index contributed by atoms with van der Waals surface area (Å²) in [6.07, 6.45) is 1.51. The summed E-state index contributed by atoms with van der Waals surface area (Å²) >= 11 is 5.81. The van der Waals surface area contributed by atoms with Crippen LogP contribution in [0.3, 0.4) is 0 Å². The molecule has 0 aliphatic rings. The van der Waals surface area contributed by atoms with Gasteiger partial charge < -0.3 is 11.1 Å². The fraction of sp³-hybridized carbons (Fsp3) is 0.500. The molecule has 1 aromatic rings. The number of halogens is 2. The Labute approximate surface area is 126 Å². The Morgan fingerprint density at radius 2 is 1.79 bits per heavy atom. The molecule has 3 nitrogen and oxygen atoms in total. The molecule has 5 heteroatoms. The van der Waals surface area contributed by atoms with Crippen molar-refractivity contribution in [3.8, 4) is 0 Å². The number of amides is 1. The van der Waals surface area contributed by atoms with Gasteiger partial charge in [0, 0.05) is 18.1 Å². The van der Waals surface area contributed by atoms with Gasteiger partial charge in [-0.3, -0.25) is 4.79 Å². The summed E-state index contributed by atoms with van der Waals surface area (Å²) in [6.45, 7) is 4.89. The van der Waals surface area contributed by atoms with E-state index in [0.29, 0.717) is 18.1 Å². The lowest BCUT2D eigenvalue weighted by Gasteiger charge is -2.28. The molecule has 0 saturated heterocycles. The molecule has 0 fully saturated rings. The second kappa shape index (κ2) is 8.41. The summed E-state index contributed by atoms with van der Waals surface area (Å²) in [6, 6.07) is 7.45. The minimum Gasteiger partial charge on any atom is -0.352 e. The molecular formula is C14H22Cl2N2O. The first-order valence-corrected chi connectivity index (χ1v) is 6.68. The highest BCUT2D eigenvalue weighted by atomic mass is 35.5. The molecule has 0 aromatic heterocycles. The molecule has 0 bridgehead atoms. The van der Waals surface area contributed by atoms with Gasteiger partial charge in [-0.15, -0.1) is 12.4 Å². The van der Waals surface area contributed by atoms with Gasteiger partial charge >= 0.3 is 0 Å². The Hall–Kier alpha value is -0.770. The van der Waals surface area contributed by atoms with Crippen LogP contribution in [0.5, 0.6) is 0 Å². The maximum atomic E-state index is 12.2. The van der Waals surface area contributed by atoms with Crippen LogP contribution in [0.25, 0.3) is 0 Å². The molecule has 0 atom stereocenters. The third kappa shape index (κ3) is 4.68. The molecule has 1 aromatic carbocycles.